The fourth-order valence-electron chi connectivity index (χ4n) is 2.37. The van der Waals surface area contributed by atoms with Crippen LogP contribution in [0.25, 0.3) is 0 Å². The van der Waals surface area contributed by atoms with Crippen LogP contribution in [0.1, 0.15) is 39.2 Å². The lowest BCUT2D eigenvalue weighted by Gasteiger charge is -2.14. The highest BCUT2D eigenvalue weighted by Gasteiger charge is 2.18. The molecule has 0 aliphatic carbocycles. The van der Waals surface area contributed by atoms with Gasteiger partial charge in [0.1, 0.15) is 0 Å². The normalized spacial score (nSPS) is 11.4. The van der Waals surface area contributed by atoms with Gasteiger partial charge in [-0.25, -0.2) is 8.42 Å². The third-order valence-electron chi connectivity index (χ3n) is 3.63. The maximum absolute atomic E-state index is 12.7. The van der Waals surface area contributed by atoms with Crippen molar-refractivity contribution in [1.82, 2.24) is 0 Å². The van der Waals surface area contributed by atoms with E-state index < -0.39 is 10.0 Å². The second-order valence-corrected chi connectivity index (χ2v) is 7.54. The molecule has 0 unspecified atom stereocenters. The van der Waals surface area contributed by atoms with Crippen LogP contribution in [0.4, 0.5) is 5.69 Å². The van der Waals surface area contributed by atoms with Crippen LogP contribution in [0.5, 0.6) is 11.5 Å². The first-order valence-corrected chi connectivity index (χ1v) is 9.88. The van der Waals surface area contributed by atoms with Crippen molar-refractivity contribution in [1.29, 1.82) is 0 Å². The van der Waals surface area contributed by atoms with Gasteiger partial charge in [0.2, 0.25) is 0 Å². The standard InChI is InChI=1S/C19H25NO4S/c1-5-23-18-11-10-17(13-19(18)24-6-2)25(21,22)20-16-9-7-8-15(12-16)14(3)4/h7-14,20H,5-6H2,1-4H3. The number of sulfonamides is 1. The number of benzene rings is 2. The van der Waals surface area contributed by atoms with Crippen molar-refractivity contribution >= 4 is 15.7 Å². The van der Waals surface area contributed by atoms with Crippen LogP contribution in [0.2, 0.25) is 0 Å². The van der Waals surface area contributed by atoms with Crippen molar-refractivity contribution in [3.05, 3.63) is 48.0 Å². The van der Waals surface area contributed by atoms with Gasteiger partial charge >= 0.3 is 0 Å². The van der Waals surface area contributed by atoms with E-state index in [-0.39, 0.29) is 4.90 Å². The molecule has 0 amide bonds. The van der Waals surface area contributed by atoms with Crippen LogP contribution in [0.3, 0.4) is 0 Å². The molecular formula is C19H25NO4S. The van der Waals surface area contributed by atoms with E-state index in [1.54, 1.807) is 12.1 Å². The number of nitrogens with one attached hydrogen (secondary N) is 1. The molecular weight excluding hydrogens is 338 g/mol. The maximum Gasteiger partial charge on any atom is 0.262 e. The highest BCUT2D eigenvalue weighted by molar-refractivity contribution is 7.92. The first-order chi connectivity index (χ1) is 11.9. The van der Waals surface area contributed by atoms with E-state index in [0.29, 0.717) is 36.3 Å². The Kier molecular flexibility index (Phi) is 6.31. The van der Waals surface area contributed by atoms with Crippen molar-refractivity contribution in [3.63, 3.8) is 0 Å². The summed E-state index contributed by atoms with van der Waals surface area (Å²) < 4.78 is 39.0. The molecule has 5 nitrogen and oxygen atoms in total. The monoisotopic (exact) mass is 363 g/mol. The van der Waals surface area contributed by atoms with Gasteiger partial charge < -0.3 is 9.47 Å². The lowest BCUT2D eigenvalue weighted by Crippen LogP contribution is -2.13. The lowest BCUT2D eigenvalue weighted by molar-refractivity contribution is 0.287. The summed E-state index contributed by atoms with van der Waals surface area (Å²) in [5.41, 5.74) is 1.61. The Hall–Kier alpha value is -2.21. The average Bonchev–Trinajstić information content (AvgIpc) is 2.56. The molecule has 0 fully saturated rings. The van der Waals surface area contributed by atoms with Crippen molar-refractivity contribution < 1.29 is 17.9 Å². The summed E-state index contributed by atoms with van der Waals surface area (Å²) in [5, 5.41) is 0. The third kappa shape index (κ3) is 4.89. The van der Waals surface area contributed by atoms with Gasteiger partial charge in [0, 0.05) is 11.8 Å². The first kappa shape index (κ1) is 19.1. The molecule has 0 radical (unpaired) electrons. The van der Waals surface area contributed by atoms with Crippen LogP contribution in [0.15, 0.2) is 47.4 Å². The average molecular weight is 363 g/mol. The van der Waals surface area contributed by atoms with E-state index in [1.807, 2.05) is 32.0 Å². The van der Waals surface area contributed by atoms with Crippen molar-refractivity contribution in [3.8, 4) is 11.5 Å². The van der Waals surface area contributed by atoms with Crippen LogP contribution in [0, 0.1) is 0 Å². The largest absolute Gasteiger partial charge is 0.490 e. The zero-order chi connectivity index (χ0) is 18.4. The maximum atomic E-state index is 12.7. The Labute approximate surface area is 150 Å². The summed E-state index contributed by atoms with van der Waals surface area (Å²) in [6, 6.07) is 12.0. The highest BCUT2D eigenvalue weighted by atomic mass is 32.2. The zero-order valence-electron chi connectivity index (χ0n) is 15.1. The van der Waals surface area contributed by atoms with Crippen LogP contribution >= 0.6 is 0 Å². The van der Waals surface area contributed by atoms with Gasteiger partial charge in [0.05, 0.1) is 18.1 Å². The Morgan fingerprint density at radius 3 is 2.28 bits per heavy atom. The summed E-state index contributed by atoms with van der Waals surface area (Å²) in [4.78, 5) is 0.134. The second kappa shape index (κ2) is 8.25. The van der Waals surface area contributed by atoms with E-state index in [0.717, 1.165) is 5.56 Å². The molecule has 0 heterocycles. The summed E-state index contributed by atoms with van der Waals surface area (Å²) in [6.45, 7) is 8.74. The minimum absolute atomic E-state index is 0.134. The molecule has 2 aromatic carbocycles. The fraction of sp³-hybridized carbons (Fsp3) is 0.368. The van der Waals surface area contributed by atoms with Crippen LogP contribution in [-0.4, -0.2) is 21.6 Å². The number of hydrogen-bond acceptors (Lipinski definition) is 4. The Bertz CT molecular complexity index is 816. The molecule has 0 aromatic heterocycles. The SMILES string of the molecule is CCOc1ccc(S(=O)(=O)Nc2cccc(C(C)C)c2)cc1OCC. The Morgan fingerprint density at radius 2 is 1.64 bits per heavy atom. The molecule has 25 heavy (non-hydrogen) atoms. The van der Waals surface area contributed by atoms with E-state index in [9.17, 15) is 8.42 Å². The van der Waals surface area contributed by atoms with Crippen molar-refractivity contribution in [2.45, 2.75) is 38.5 Å². The third-order valence-corrected chi connectivity index (χ3v) is 5.01. The smallest absolute Gasteiger partial charge is 0.262 e. The van der Waals surface area contributed by atoms with E-state index in [1.165, 1.54) is 12.1 Å². The topological polar surface area (TPSA) is 64.6 Å². The van der Waals surface area contributed by atoms with E-state index >= 15 is 0 Å². The molecule has 2 aromatic rings. The molecule has 0 aliphatic heterocycles. The minimum atomic E-state index is -3.71. The molecule has 1 N–H and O–H groups in total. The Morgan fingerprint density at radius 1 is 0.960 bits per heavy atom. The summed E-state index contributed by atoms with van der Waals surface area (Å²) in [7, 11) is -3.71. The molecule has 6 heteroatoms. The van der Waals surface area contributed by atoms with E-state index in [4.69, 9.17) is 9.47 Å². The number of anilines is 1. The summed E-state index contributed by atoms with van der Waals surface area (Å²) in [5.74, 6) is 1.27. The van der Waals surface area contributed by atoms with E-state index in [2.05, 4.69) is 18.6 Å². The minimum Gasteiger partial charge on any atom is -0.490 e. The van der Waals surface area contributed by atoms with Gasteiger partial charge in [0.15, 0.2) is 11.5 Å². The number of ether oxygens (including phenoxy) is 2. The van der Waals surface area contributed by atoms with Crippen LogP contribution in [-0.2, 0) is 10.0 Å². The quantitative estimate of drug-likeness (QED) is 0.754. The predicted octanol–water partition coefficient (Wildman–Crippen LogP) is 4.41. The number of hydrogen-bond donors (Lipinski definition) is 1. The van der Waals surface area contributed by atoms with Gasteiger partial charge in [-0.1, -0.05) is 26.0 Å². The summed E-state index contributed by atoms with van der Waals surface area (Å²) >= 11 is 0. The van der Waals surface area contributed by atoms with Crippen molar-refractivity contribution in [2.75, 3.05) is 17.9 Å². The molecule has 0 bridgehead atoms. The van der Waals surface area contributed by atoms with Gasteiger partial charge in [0.25, 0.3) is 10.0 Å². The molecule has 136 valence electrons. The highest BCUT2D eigenvalue weighted by Crippen LogP contribution is 2.31. The van der Waals surface area contributed by atoms with Gasteiger partial charge in [-0.2, -0.15) is 0 Å². The molecule has 0 saturated carbocycles. The van der Waals surface area contributed by atoms with Gasteiger partial charge in [-0.15, -0.1) is 0 Å². The lowest BCUT2D eigenvalue weighted by atomic mass is 10.0. The second-order valence-electron chi connectivity index (χ2n) is 5.86. The predicted molar refractivity (Wildman–Crippen MR) is 100 cm³/mol. The molecule has 2 rings (SSSR count). The van der Waals surface area contributed by atoms with Crippen LogP contribution < -0.4 is 14.2 Å². The molecule has 0 atom stereocenters. The first-order valence-electron chi connectivity index (χ1n) is 8.39. The summed E-state index contributed by atoms with van der Waals surface area (Å²) in [6.07, 6.45) is 0. The van der Waals surface area contributed by atoms with Gasteiger partial charge in [-0.05, 0) is 49.6 Å². The molecule has 0 spiro atoms. The van der Waals surface area contributed by atoms with Gasteiger partial charge in [-0.3, -0.25) is 4.72 Å². The Balaban J connectivity index is 2.32. The van der Waals surface area contributed by atoms with Crippen molar-refractivity contribution in [2.24, 2.45) is 0 Å². The fourth-order valence-corrected chi connectivity index (χ4v) is 3.44. The molecule has 0 saturated heterocycles. The number of rotatable bonds is 8. The molecule has 0 aliphatic rings. The zero-order valence-corrected chi connectivity index (χ0v) is 15.9.